The van der Waals surface area contributed by atoms with E-state index >= 15 is 0 Å². The van der Waals surface area contributed by atoms with Gasteiger partial charge in [-0.15, -0.1) is 0 Å². The molecule has 0 spiro atoms. The minimum atomic E-state index is -0.377. The zero-order valence-corrected chi connectivity index (χ0v) is 14.7. The van der Waals surface area contributed by atoms with Gasteiger partial charge in [0.25, 0.3) is 0 Å². The van der Waals surface area contributed by atoms with Gasteiger partial charge >= 0.3 is 0 Å². The summed E-state index contributed by atoms with van der Waals surface area (Å²) in [6.45, 7) is 1.81. The summed E-state index contributed by atoms with van der Waals surface area (Å²) in [5.41, 5.74) is 1.67. The van der Waals surface area contributed by atoms with Crippen LogP contribution >= 0.6 is 11.6 Å². The third-order valence-electron chi connectivity index (χ3n) is 5.90. The fourth-order valence-corrected chi connectivity index (χ4v) is 4.53. The number of hydrogen-bond acceptors (Lipinski definition) is 3. The van der Waals surface area contributed by atoms with Crippen LogP contribution in [0.25, 0.3) is 0 Å². The summed E-state index contributed by atoms with van der Waals surface area (Å²) in [5.74, 6) is 1.19. The Morgan fingerprint density at radius 2 is 2.00 bits per heavy atom. The molecule has 1 aromatic heterocycles. The van der Waals surface area contributed by atoms with Crippen LogP contribution < -0.4 is 9.80 Å². The fourth-order valence-electron chi connectivity index (χ4n) is 4.40. The Labute approximate surface area is 152 Å². The van der Waals surface area contributed by atoms with Crippen molar-refractivity contribution in [3.05, 3.63) is 53.2 Å². The van der Waals surface area contributed by atoms with Crippen LogP contribution in [0, 0.1) is 0 Å². The number of hydrogen-bond donors (Lipinski definition) is 0. The molecular weight excluding hydrogens is 334 g/mol. The number of pyridine rings is 1. The molecule has 1 atom stereocenters. The Bertz CT molecular complexity index is 831. The molecule has 25 heavy (non-hydrogen) atoms. The Morgan fingerprint density at radius 1 is 1.20 bits per heavy atom. The van der Waals surface area contributed by atoms with E-state index < -0.39 is 0 Å². The van der Waals surface area contributed by atoms with Gasteiger partial charge in [0, 0.05) is 30.4 Å². The van der Waals surface area contributed by atoms with Crippen LogP contribution in [0.4, 0.5) is 11.5 Å². The highest BCUT2D eigenvalue weighted by Gasteiger charge is 2.54. The lowest BCUT2D eigenvalue weighted by Gasteiger charge is -2.40. The molecule has 1 aromatic carbocycles. The molecule has 0 bridgehead atoms. The van der Waals surface area contributed by atoms with E-state index in [0.29, 0.717) is 11.1 Å². The van der Waals surface area contributed by atoms with E-state index in [2.05, 4.69) is 9.88 Å². The van der Waals surface area contributed by atoms with E-state index in [0.717, 1.165) is 49.4 Å². The highest BCUT2D eigenvalue weighted by molar-refractivity contribution is 6.30. The maximum atomic E-state index is 13.6. The SMILES string of the molecule is O=C(N1CC2CCCN2c2ncccc21)C1(c2ccc(Cl)cc2)CC1. The van der Waals surface area contributed by atoms with Crippen molar-refractivity contribution in [1.29, 1.82) is 0 Å². The molecule has 1 amide bonds. The van der Waals surface area contributed by atoms with Crippen molar-refractivity contribution >= 4 is 29.0 Å². The Balaban J connectivity index is 1.54. The lowest BCUT2D eigenvalue weighted by atomic mass is 9.93. The summed E-state index contributed by atoms with van der Waals surface area (Å²) in [6.07, 6.45) is 5.95. The molecule has 1 aliphatic carbocycles. The number of rotatable bonds is 2. The molecule has 5 heteroatoms. The Hall–Kier alpha value is -2.07. The number of aromatic nitrogens is 1. The monoisotopic (exact) mass is 353 g/mol. The second-order valence-electron chi connectivity index (χ2n) is 7.34. The number of halogens is 1. The minimum Gasteiger partial charge on any atom is -0.350 e. The van der Waals surface area contributed by atoms with E-state index in [1.54, 1.807) is 0 Å². The van der Waals surface area contributed by atoms with Crippen LogP contribution in [0.1, 0.15) is 31.2 Å². The van der Waals surface area contributed by atoms with Crippen molar-refractivity contribution in [3.63, 3.8) is 0 Å². The lowest BCUT2D eigenvalue weighted by molar-refractivity contribution is -0.121. The van der Waals surface area contributed by atoms with Crippen LogP contribution in [0.2, 0.25) is 5.02 Å². The summed E-state index contributed by atoms with van der Waals surface area (Å²) in [7, 11) is 0. The van der Waals surface area contributed by atoms with E-state index in [4.69, 9.17) is 11.6 Å². The van der Waals surface area contributed by atoms with Crippen molar-refractivity contribution in [2.75, 3.05) is 22.9 Å². The number of benzene rings is 1. The average molecular weight is 354 g/mol. The summed E-state index contributed by atoms with van der Waals surface area (Å²) in [4.78, 5) is 22.5. The van der Waals surface area contributed by atoms with Crippen LogP contribution in [-0.2, 0) is 10.2 Å². The van der Waals surface area contributed by atoms with Crippen LogP contribution in [-0.4, -0.2) is 30.0 Å². The van der Waals surface area contributed by atoms with Crippen LogP contribution in [0.15, 0.2) is 42.6 Å². The third-order valence-corrected chi connectivity index (χ3v) is 6.15. The highest BCUT2D eigenvalue weighted by Crippen LogP contribution is 2.51. The zero-order chi connectivity index (χ0) is 17.0. The largest absolute Gasteiger partial charge is 0.350 e. The fraction of sp³-hybridized carbons (Fsp3) is 0.400. The molecular formula is C20H20ClN3O. The first-order valence-corrected chi connectivity index (χ1v) is 9.36. The maximum absolute atomic E-state index is 13.6. The first-order valence-electron chi connectivity index (χ1n) is 8.99. The van der Waals surface area contributed by atoms with Crippen molar-refractivity contribution in [2.24, 2.45) is 0 Å². The van der Waals surface area contributed by atoms with Crippen molar-refractivity contribution in [2.45, 2.75) is 37.1 Å². The van der Waals surface area contributed by atoms with Crippen molar-refractivity contribution < 1.29 is 4.79 Å². The average Bonchev–Trinajstić information content (AvgIpc) is 3.31. The predicted molar refractivity (Wildman–Crippen MR) is 99.3 cm³/mol. The second-order valence-corrected chi connectivity index (χ2v) is 7.78. The van der Waals surface area contributed by atoms with E-state index in [1.807, 2.05) is 47.5 Å². The van der Waals surface area contributed by atoms with Crippen molar-refractivity contribution in [3.8, 4) is 0 Å². The van der Waals surface area contributed by atoms with Gasteiger partial charge in [-0.3, -0.25) is 4.79 Å². The number of carbonyl (C=O) groups is 1. The Morgan fingerprint density at radius 3 is 2.76 bits per heavy atom. The molecule has 2 aromatic rings. The van der Waals surface area contributed by atoms with E-state index in [9.17, 15) is 4.79 Å². The van der Waals surface area contributed by atoms with Gasteiger partial charge in [0.15, 0.2) is 5.82 Å². The normalized spacial score (nSPS) is 23.2. The molecule has 5 rings (SSSR count). The van der Waals surface area contributed by atoms with Gasteiger partial charge in [0.1, 0.15) is 0 Å². The van der Waals surface area contributed by atoms with Crippen LogP contribution in [0.5, 0.6) is 0 Å². The lowest BCUT2D eigenvalue weighted by Crippen LogP contribution is -2.51. The topological polar surface area (TPSA) is 36.4 Å². The molecule has 1 saturated heterocycles. The molecule has 128 valence electrons. The van der Waals surface area contributed by atoms with Gasteiger partial charge in [0.05, 0.1) is 11.1 Å². The molecule has 3 heterocycles. The number of amides is 1. The number of carbonyl (C=O) groups excluding carboxylic acids is 1. The van der Waals surface area contributed by atoms with Crippen molar-refractivity contribution in [1.82, 2.24) is 4.98 Å². The smallest absolute Gasteiger partial charge is 0.237 e. The van der Waals surface area contributed by atoms with Gasteiger partial charge in [-0.05, 0) is 55.5 Å². The molecule has 0 N–H and O–H groups in total. The van der Waals surface area contributed by atoms with Gasteiger partial charge in [-0.2, -0.15) is 0 Å². The summed E-state index contributed by atoms with van der Waals surface area (Å²) in [6, 6.07) is 12.1. The van der Waals surface area contributed by atoms with Gasteiger partial charge in [-0.25, -0.2) is 4.98 Å². The molecule has 2 fully saturated rings. The quantitative estimate of drug-likeness (QED) is 0.824. The molecule has 1 unspecified atom stereocenters. The van der Waals surface area contributed by atoms with Gasteiger partial charge < -0.3 is 9.80 Å². The first kappa shape index (κ1) is 15.2. The summed E-state index contributed by atoms with van der Waals surface area (Å²) >= 11 is 6.03. The van der Waals surface area contributed by atoms with E-state index in [1.165, 1.54) is 6.42 Å². The maximum Gasteiger partial charge on any atom is 0.237 e. The standard InChI is InChI=1S/C20H20ClN3O/c21-15-7-5-14(6-8-15)20(9-10-20)19(25)24-13-16-3-2-12-23(16)18-17(24)4-1-11-22-18/h1,4-8,11,16H,2-3,9-10,12-13H2. The number of fused-ring (bicyclic) bond motifs is 3. The molecule has 1 saturated carbocycles. The minimum absolute atomic E-state index is 0.218. The Kier molecular flexibility index (Phi) is 3.32. The van der Waals surface area contributed by atoms with Gasteiger partial charge in [-0.1, -0.05) is 23.7 Å². The van der Waals surface area contributed by atoms with Crippen LogP contribution in [0.3, 0.4) is 0 Å². The highest BCUT2D eigenvalue weighted by atomic mass is 35.5. The molecule has 4 nitrogen and oxygen atoms in total. The number of anilines is 2. The zero-order valence-electron chi connectivity index (χ0n) is 14.0. The molecule has 0 radical (unpaired) electrons. The summed E-state index contributed by atoms with van der Waals surface area (Å²) in [5, 5.41) is 0.709. The molecule has 2 aliphatic heterocycles. The predicted octanol–water partition coefficient (Wildman–Crippen LogP) is 3.78. The molecule has 3 aliphatic rings. The van der Waals surface area contributed by atoms with Gasteiger partial charge in [0.2, 0.25) is 5.91 Å². The first-order chi connectivity index (χ1) is 12.2. The number of nitrogens with zero attached hydrogens (tertiary/aromatic N) is 3. The summed E-state index contributed by atoms with van der Waals surface area (Å²) < 4.78 is 0. The van der Waals surface area contributed by atoms with E-state index in [-0.39, 0.29) is 11.3 Å². The second kappa shape index (κ2) is 5.46. The third kappa shape index (κ3) is 2.27.